The van der Waals surface area contributed by atoms with Gasteiger partial charge >= 0.3 is 0 Å². The summed E-state index contributed by atoms with van der Waals surface area (Å²) in [7, 11) is 0. The van der Waals surface area contributed by atoms with Gasteiger partial charge in [0.15, 0.2) is 0 Å². The average molecular weight is 255 g/mol. The van der Waals surface area contributed by atoms with Gasteiger partial charge in [0.25, 0.3) is 0 Å². The molecule has 0 aliphatic carbocycles. The normalized spacial score (nSPS) is 16.9. The minimum absolute atomic E-state index is 0.160. The van der Waals surface area contributed by atoms with Crippen LogP contribution in [0.15, 0.2) is 54.6 Å². The number of benzene rings is 2. The SMILES string of the molecule is Fc1ccc(CC2(Cc3ccccc3)CNC2)cc1. The van der Waals surface area contributed by atoms with Crippen molar-refractivity contribution in [3.63, 3.8) is 0 Å². The first-order valence-corrected chi connectivity index (χ1v) is 6.75. The lowest BCUT2D eigenvalue weighted by atomic mass is 9.72. The molecular formula is C17H18FN. The second-order valence-electron chi connectivity index (χ2n) is 5.57. The van der Waals surface area contributed by atoms with E-state index in [-0.39, 0.29) is 5.82 Å². The summed E-state index contributed by atoms with van der Waals surface area (Å²) in [5, 5.41) is 3.38. The zero-order valence-corrected chi connectivity index (χ0v) is 10.9. The summed E-state index contributed by atoms with van der Waals surface area (Å²) in [5.74, 6) is -0.160. The molecule has 0 unspecified atom stereocenters. The van der Waals surface area contributed by atoms with Crippen LogP contribution in [0.3, 0.4) is 0 Å². The van der Waals surface area contributed by atoms with Gasteiger partial charge in [0.1, 0.15) is 5.82 Å². The van der Waals surface area contributed by atoms with E-state index in [4.69, 9.17) is 0 Å². The van der Waals surface area contributed by atoms with Crippen LogP contribution in [0.5, 0.6) is 0 Å². The van der Waals surface area contributed by atoms with Crippen molar-refractivity contribution < 1.29 is 4.39 Å². The van der Waals surface area contributed by atoms with E-state index < -0.39 is 0 Å². The van der Waals surface area contributed by atoms with Crippen molar-refractivity contribution in [3.05, 3.63) is 71.5 Å². The fourth-order valence-corrected chi connectivity index (χ4v) is 2.86. The molecule has 0 saturated carbocycles. The third-order valence-corrected chi connectivity index (χ3v) is 3.91. The topological polar surface area (TPSA) is 12.0 Å². The molecule has 0 atom stereocenters. The molecule has 0 bridgehead atoms. The molecule has 0 spiro atoms. The number of hydrogen-bond acceptors (Lipinski definition) is 1. The minimum Gasteiger partial charge on any atom is -0.315 e. The predicted molar refractivity (Wildman–Crippen MR) is 75.6 cm³/mol. The average Bonchev–Trinajstić information content (AvgIpc) is 2.40. The molecule has 1 heterocycles. The molecule has 19 heavy (non-hydrogen) atoms. The molecule has 98 valence electrons. The Labute approximate surface area is 113 Å². The quantitative estimate of drug-likeness (QED) is 0.884. The van der Waals surface area contributed by atoms with Gasteiger partial charge in [-0.3, -0.25) is 0 Å². The van der Waals surface area contributed by atoms with Crippen LogP contribution in [0.1, 0.15) is 11.1 Å². The van der Waals surface area contributed by atoms with Gasteiger partial charge in [-0.15, -0.1) is 0 Å². The zero-order valence-electron chi connectivity index (χ0n) is 10.9. The van der Waals surface area contributed by atoms with Crippen molar-refractivity contribution in [2.45, 2.75) is 12.8 Å². The summed E-state index contributed by atoms with van der Waals surface area (Å²) >= 11 is 0. The smallest absolute Gasteiger partial charge is 0.123 e. The van der Waals surface area contributed by atoms with Crippen LogP contribution in [-0.2, 0) is 12.8 Å². The molecule has 1 fully saturated rings. The van der Waals surface area contributed by atoms with E-state index in [1.165, 1.54) is 11.1 Å². The van der Waals surface area contributed by atoms with Crippen molar-refractivity contribution >= 4 is 0 Å². The summed E-state index contributed by atoms with van der Waals surface area (Å²) in [6.07, 6.45) is 2.09. The summed E-state index contributed by atoms with van der Waals surface area (Å²) in [4.78, 5) is 0. The second-order valence-corrected chi connectivity index (χ2v) is 5.57. The van der Waals surface area contributed by atoms with Crippen molar-refractivity contribution in [2.24, 2.45) is 5.41 Å². The van der Waals surface area contributed by atoms with Crippen LogP contribution in [0, 0.1) is 11.2 Å². The Balaban J connectivity index is 1.74. The molecule has 1 aliphatic heterocycles. The highest BCUT2D eigenvalue weighted by atomic mass is 19.1. The molecule has 1 nitrogen and oxygen atoms in total. The fraction of sp³-hybridized carbons (Fsp3) is 0.294. The molecule has 1 saturated heterocycles. The highest BCUT2D eigenvalue weighted by Crippen LogP contribution is 2.32. The first-order chi connectivity index (χ1) is 9.26. The van der Waals surface area contributed by atoms with Crippen LogP contribution < -0.4 is 5.32 Å². The summed E-state index contributed by atoms with van der Waals surface area (Å²) < 4.78 is 12.9. The molecule has 0 amide bonds. The van der Waals surface area contributed by atoms with Crippen LogP contribution in [0.25, 0.3) is 0 Å². The lowest BCUT2D eigenvalue weighted by molar-refractivity contribution is 0.166. The molecule has 0 radical (unpaired) electrons. The van der Waals surface area contributed by atoms with Gasteiger partial charge in [-0.25, -0.2) is 4.39 Å². The van der Waals surface area contributed by atoms with Crippen LogP contribution in [-0.4, -0.2) is 13.1 Å². The van der Waals surface area contributed by atoms with Gasteiger partial charge in [0.2, 0.25) is 0 Å². The summed E-state index contributed by atoms with van der Waals surface area (Å²) in [6, 6.07) is 17.5. The van der Waals surface area contributed by atoms with Gasteiger partial charge in [0.05, 0.1) is 0 Å². The molecule has 2 heteroatoms. The zero-order chi connectivity index (χ0) is 13.1. The first-order valence-electron chi connectivity index (χ1n) is 6.75. The third kappa shape index (κ3) is 2.85. The van der Waals surface area contributed by atoms with Crippen LogP contribution in [0.2, 0.25) is 0 Å². The highest BCUT2D eigenvalue weighted by Gasteiger charge is 2.36. The van der Waals surface area contributed by atoms with E-state index in [1.54, 1.807) is 12.1 Å². The number of rotatable bonds is 4. The molecule has 1 N–H and O–H groups in total. The van der Waals surface area contributed by atoms with Gasteiger partial charge in [-0.05, 0) is 36.1 Å². The standard InChI is InChI=1S/C17H18FN/c18-16-8-6-15(7-9-16)11-17(12-19-13-17)10-14-4-2-1-3-5-14/h1-9,19H,10-13H2. The Hall–Kier alpha value is -1.67. The Kier molecular flexibility index (Phi) is 3.34. The highest BCUT2D eigenvalue weighted by molar-refractivity contribution is 5.23. The van der Waals surface area contributed by atoms with Crippen molar-refractivity contribution in [1.29, 1.82) is 0 Å². The monoisotopic (exact) mass is 255 g/mol. The van der Waals surface area contributed by atoms with Crippen LogP contribution >= 0.6 is 0 Å². The lowest BCUT2D eigenvalue weighted by Gasteiger charge is -2.43. The van der Waals surface area contributed by atoms with E-state index in [0.717, 1.165) is 25.9 Å². The second kappa shape index (κ2) is 5.14. The van der Waals surface area contributed by atoms with E-state index >= 15 is 0 Å². The molecule has 2 aromatic rings. The molecule has 2 aromatic carbocycles. The third-order valence-electron chi connectivity index (χ3n) is 3.91. The Morgan fingerprint density at radius 3 is 1.95 bits per heavy atom. The first kappa shape index (κ1) is 12.4. The lowest BCUT2D eigenvalue weighted by Crippen LogP contribution is -2.56. The van der Waals surface area contributed by atoms with Crippen molar-refractivity contribution in [2.75, 3.05) is 13.1 Å². The molecule has 0 aromatic heterocycles. The predicted octanol–water partition coefficient (Wildman–Crippen LogP) is 3.20. The Bertz CT molecular complexity index is 529. The summed E-state index contributed by atoms with van der Waals surface area (Å²) in [5.41, 5.74) is 2.89. The van der Waals surface area contributed by atoms with E-state index in [1.807, 2.05) is 12.1 Å². The van der Waals surface area contributed by atoms with Gasteiger partial charge in [0, 0.05) is 18.5 Å². The molecule has 3 rings (SSSR count). The summed E-state index contributed by atoms with van der Waals surface area (Å²) in [6.45, 7) is 2.08. The van der Waals surface area contributed by atoms with E-state index in [2.05, 4.69) is 35.6 Å². The molecular weight excluding hydrogens is 237 g/mol. The van der Waals surface area contributed by atoms with Gasteiger partial charge in [-0.1, -0.05) is 42.5 Å². The van der Waals surface area contributed by atoms with Gasteiger partial charge in [-0.2, -0.15) is 0 Å². The Morgan fingerprint density at radius 1 is 0.842 bits per heavy atom. The maximum absolute atomic E-state index is 12.9. The Morgan fingerprint density at radius 2 is 1.42 bits per heavy atom. The van der Waals surface area contributed by atoms with Crippen LogP contribution in [0.4, 0.5) is 4.39 Å². The largest absolute Gasteiger partial charge is 0.315 e. The fourth-order valence-electron chi connectivity index (χ4n) is 2.86. The van der Waals surface area contributed by atoms with Crippen molar-refractivity contribution in [1.82, 2.24) is 5.32 Å². The molecule has 1 aliphatic rings. The van der Waals surface area contributed by atoms with Crippen molar-refractivity contribution in [3.8, 4) is 0 Å². The maximum Gasteiger partial charge on any atom is 0.123 e. The number of hydrogen-bond donors (Lipinski definition) is 1. The number of nitrogens with one attached hydrogen (secondary N) is 1. The van der Waals surface area contributed by atoms with E-state index in [9.17, 15) is 4.39 Å². The van der Waals surface area contributed by atoms with E-state index in [0.29, 0.717) is 5.41 Å². The maximum atomic E-state index is 12.9. The number of halogens is 1. The minimum atomic E-state index is -0.160. The van der Waals surface area contributed by atoms with Gasteiger partial charge < -0.3 is 5.32 Å².